The van der Waals surface area contributed by atoms with Gasteiger partial charge in [0.05, 0.1) is 0 Å². The van der Waals surface area contributed by atoms with E-state index in [1.165, 1.54) is 0 Å². The molecule has 0 aromatic rings. The first-order chi connectivity index (χ1) is 13.3. The van der Waals surface area contributed by atoms with Gasteiger partial charge in [-0.15, -0.1) is 0 Å². The van der Waals surface area contributed by atoms with Crippen LogP contribution in [0.1, 0.15) is 81.1 Å². The maximum absolute atomic E-state index is 14.0. The number of amides is 1. The zero-order valence-electron chi connectivity index (χ0n) is 21.2. The van der Waals surface area contributed by atoms with Crippen LogP contribution in [-0.2, 0) is 14.0 Å². The van der Waals surface area contributed by atoms with Crippen molar-refractivity contribution in [2.75, 3.05) is 0 Å². The number of alkyl carbamates (subject to hydrolysis) is 1. The van der Waals surface area contributed by atoms with Gasteiger partial charge in [0.25, 0.3) is 0 Å². The zero-order chi connectivity index (χ0) is 23.3. The second-order valence-electron chi connectivity index (χ2n) is 12.7. The Morgan fingerprint density at radius 3 is 2.07 bits per heavy atom. The van der Waals surface area contributed by atoms with E-state index in [0.717, 1.165) is 19.3 Å². The first kappa shape index (κ1) is 25.4. The largest absolute Gasteiger partial charge is 0.444 e. The molecule has 5 nitrogen and oxygen atoms in total. The van der Waals surface area contributed by atoms with Crippen molar-refractivity contribution < 1.29 is 18.8 Å². The minimum Gasteiger partial charge on any atom is -0.444 e. The summed E-state index contributed by atoms with van der Waals surface area (Å²) in [5.41, 5.74) is -1.45. The van der Waals surface area contributed by atoms with Crippen LogP contribution in [0.4, 0.5) is 4.79 Å². The number of hydrogen-bond donors (Lipinski definition) is 1. The molecular weight excluding hydrogens is 394 g/mol. The molecule has 174 valence electrons. The predicted molar refractivity (Wildman–Crippen MR) is 124 cm³/mol. The molecule has 0 heterocycles. The number of carbonyl (C=O) groups is 2. The van der Waals surface area contributed by atoms with Gasteiger partial charge in [0.2, 0.25) is 0 Å². The number of ether oxygens (including phenoxy) is 1. The van der Waals surface area contributed by atoms with E-state index in [1.807, 2.05) is 34.6 Å². The Bertz CT molecular complexity index is 676. The molecule has 2 fully saturated rings. The van der Waals surface area contributed by atoms with Gasteiger partial charge >= 0.3 is 6.09 Å². The maximum atomic E-state index is 14.0. The lowest BCUT2D eigenvalue weighted by Crippen LogP contribution is -2.60. The molecule has 0 spiro atoms. The molecule has 0 aliphatic heterocycles. The lowest BCUT2D eigenvalue weighted by molar-refractivity contribution is -0.152. The summed E-state index contributed by atoms with van der Waals surface area (Å²) in [5.74, 6) is 0.765. The van der Waals surface area contributed by atoms with Crippen LogP contribution in [0.3, 0.4) is 0 Å². The first-order valence-electron chi connectivity index (χ1n) is 11.6. The highest BCUT2D eigenvalue weighted by Gasteiger charge is 2.72. The summed E-state index contributed by atoms with van der Waals surface area (Å²) in [6.45, 7) is 23.0. The van der Waals surface area contributed by atoms with Crippen molar-refractivity contribution in [2.45, 2.75) is 118 Å². The van der Waals surface area contributed by atoms with E-state index in [1.54, 1.807) is 0 Å². The molecular formula is C24H45NO4Si. The summed E-state index contributed by atoms with van der Waals surface area (Å²) in [7, 11) is -1.98. The predicted octanol–water partition coefficient (Wildman–Crippen LogP) is 5.93. The second kappa shape index (κ2) is 7.91. The molecule has 0 unspecified atom stereocenters. The molecule has 2 saturated carbocycles. The van der Waals surface area contributed by atoms with E-state index in [4.69, 9.17) is 9.16 Å². The minimum atomic E-state index is -1.98. The zero-order valence-corrected chi connectivity index (χ0v) is 22.2. The Balaban J connectivity index is 2.32. The van der Waals surface area contributed by atoms with Crippen molar-refractivity contribution in [3.63, 3.8) is 0 Å². The van der Waals surface area contributed by atoms with Gasteiger partial charge in [0.1, 0.15) is 11.2 Å². The molecule has 0 aromatic heterocycles. The molecule has 2 bridgehead atoms. The summed E-state index contributed by atoms with van der Waals surface area (Å²) in [6, 6.07) is -0.278. The molecule has 4 atom stereocenters. The fourth-order valence-corrected chi connectivity index (χ4v) is 7.15. The summed E-state index contributed by atoms with van der Waals surface area (Å²) in [5, 5.41) is 2.96. The Morgan fingerprint density at radius 2 is 1.70 bits per heavy atom. The normalized spacial score (nSPS) is 31.7. The number of nitrogens with one attached hydrogen (secondary N) is 1. The Kier molecular flexibility index (Phi) is 6.69. The topological polar surface area (TPSA) is 64.6 Å². The summed E-state index contributed by atoms with van der Waals surface area (Å²) >= 11 is 0. The van der Waals surface area contributed by atoms with E-state index >= 15 is 0 Å². The van der Waals surface area contributed by atoms with Gasteiger partial charge in [0, 0.05) is 17.9 Å². The molecule has 6 heteroatoms. The number of rotatable bonds is 7. The van der Waals surface area contributed by atoms with Gasteiger partial charge in [-0.1, -0.05) is 34.6 Å². The van der Waals surface area contributed by atoms with E-state index in [0.29, 0.717) is 5.92 Å². The number of Topliss-reactive ketones (excluding diaryl/α,β-unsaturated/α-hetero) is 1. The first-order valence-corrected chi connectivity index (χ1v) is 15.0. The Morgan fingerprint density at radius 1 is 1.13 bits per heavy atom. The average Bonchev–Trinajstić information content (AvgIpc) is 2.83. The molecule has 30 heavy (non-hydrogen) atoms. The van der Waals surface area contributed by atoms with Gasteiger partial charge in [-0.3, -0.25) is 4.79 Å². The van der Waals surface area contributed by atoms with Crippen LogP contribution in [0.25, 0.3) is 0 Å². The number of hydrogen-bond acceptors (Lipinski definition) is 4. The van der Waals surface area contributed by atoms with Crippen molar-refractivity contribution in [2.24, 2.45) is 22.7 Å². The van der Waals surface area contributed by atoms with Crippen LogP contribution in [-0.4, -0.2) is 37.4 Å². The standard InChI is InChI=1S/C24H45NO4Si/c1-16(2)18(25-20(27)28-21(3,4)5)14-19(26)24(29-30(9,10)11)15-17-12-13-23(24,8)22(17,6)7/h16-18H,12-15H2,1-11H3,(H,25,27)/t17-,18-,23-,24-/m1/s1. The fraction of sp³-hybridized carbons (Fsp3) is 0.917. The summed E-state index contributed by atoms with van der Waals surface area (Å²) in [6.07, 6.45) is 2.80. The SMILES string of the molecule is CC(C)[C@@H](CC(=O)[C@]1(O[Si](C)(C)C)C[C@H]2CC[C@]1(C)C2(C)C)NC(=O)OC(C)(C)C. The molecule has 0 aromatic carbocycles. The van der Waals surface area contributed by atoms with Crippen LogP contribution in [0.15, 0.2) is 0 Å². The van der Waals surface area contributed by atoms with Gasteiger partial charge < -0.3 is 14.5 Å². The molecule has 1 amide bonds. The van der Waals surface area contributed by atoms with Crippen LogP contribution in [0, 0.1) is 22.7 Å². The molecule has 0 radical (unpaired) electrons. The Hall–Kier alpha value is -0.883. The molecule has 2 aliphatic rings. The van der Waals surface area contributed by atoms with Crippen LogP contribution >= 0.6 is 0 Å². The molecule has 2 aliphatic carbocycles. The van der Waals surface area contributed by atoms with Gasteiger partial charge in [-0.05, 0) is 76.9 Å². The highest BCUT2D eigenvalue weighted by atomic mass is 28.4. The van der Waals surface area contributed by atoms with Crippen LogP contribution in [0.5, 0.6) is 0 Å². The van der Waals surface area contributed by atoms with Gasteiger partial charge in [-0.2, -0.15) is 0 Å². The van der Waals surface area contributed by atoms with Crippen molar-refractivity contribution in [3.05, 3.63) is 0 Å². The smallest absolute Gasteiger partial charge is 0.407 e. The molecule has 2 rings (SSSR count). The van der Waals surface area contributed by atoms with Crippen molar-refractivity contribution in [1.29, 1.82) is 0 Å². The molecule has 1 N–H and O–H groups in total. The number of carbonyl (C=O) groups excluding carboxylic acids is 2. The van der Waals surface area contributed by atoms with Gasteiger partial charge in [-0.25, -0.2) is 4.79 Å². The second-order valence-corrected chi connectivity index (χ2v) is 17.1. The lowest BCUT2D eigenvalue weighted by atomic mass is 9.62. The summed E-state index contributed by atoms with van der Waals surface area (Å²) in [4.78, 5) is 26.4. The van der Waals surface area contributed by atoms with E-state index < -0.39 is 25.6 Å². The van der Waals surface area contributed by atoms with Crippen LogP contribution < -0.4 is 5.32 Å². The minimum absolute atomic E-state index is 0.0637. The fourth-order valence-electron chi connectivity index (χ4n) is 5.68. The van der Waals surface area contributed by atoms with Crippen molar-refractivity contribution in [3.8, 4) is 0 Å². The van der Waals surface area contributed by atoms with Crippen LogP contribution in [0.2, 0.25) is 19.6 Å². The number of ketones is 1. The van der Waals surface area contributed by atoms with E-state index in [9.17, 15) is 9.59 Å². The third-order valence-electron chi connectivity index (χ3n) is 7.70. The highest BCUT2D eigenvalue weighted by molar-refractivity contribution is 6.70. The lowest BCUT2D eigenvalue weighted by Gasteiger charge is -2.50. The van der Waals surface area contributed by atoms with Crippen molar-refractivity contribution >= 4 is 20.2 Å². The monoisotopic (exact) mass is 439 g/mol. The Labute approximate surface area is 185 Å². The third kappa shape index (κ3) is 4.64. The highest BCUT2D eigenvalue weighted by Crippen LogP contribution is 2.71. The average molecular weight is 440 g/mol. The van der Waals surface area contributed by atoms with E-state index in [-0.39, 0.29) is 35.0 Å². The quantitative estimate of drug-likeness (QED) is 0.499. The summed E-state index contributed by atoms with van der Waals surface area (Å²) < 4.78 is 12.3. The maximum Gasteiger partial charge on any atom is 0.407 e. The van der Waals surface area contributed by atoms with Crippen molar-refractivity contribution in [1.82, 2.24) is 5.32 Å². The number of fused-ring (bicyclic) bond motifs is 2. The third-order valence-corrected chi connectivity index (χ3v) is 8.66. The van der Waals surface area contributed by atoms with E-state index in [2.05, 4.69) is 45.7 Å². The van der Waals surface area contributed by atoms with Gasteiger partial charge in [0.15, 0.2) is 14.1 Å². The molecule has 0 saturated heterocycles.